The van der Waals surface area contributed by atoms with Crippen LogP contribution in [-0.4, -0.2) is 40.7 Å². The number of benzene rings is 1. The molecular formula is C25H24FN7O. The molecule has 4 aromatic heterocycles. The fraction of sp³-hybridized carbons (Fsp3) is 0.280. The van der Waals surface area contributed by atoms with E-state index in [1.807, 2.05) is 18.3 Å². The second kappa shape index (κ2) is 7.79. The minimum Gasteiger partial charge on any atom is -0.507 e. The second-order valence-electron chi connectivity index (χ2n) is 9.12. The Bertz CT molecular complexity index is 1540. The highest BCUT2D eigenvalue weighted by molar-refractivity contribution is 5.90. The van der Waals surface area contributed by atoms with Crippen molar-refractivity contribution in [3.63, 3.8) is 0 Å². The van der Waals surface area contributed by atoms with Gasteiger partial charge in [-0.3, -0.25) is 4.98 Å². The van der Waals surface area contributed by atoms with Crippen LogP contribution < -0.4 is 5.32 Å². The molecule has 0 saturated carbocycles. The van der Waals surface area contributed by atoms with Crippen LogP contribution >= 0.6 is 0 Å². The number of pyridine rings is 1. The molecule has 5 aromatic rings. The number of aromatic amines is 1. The topological polar surface area (TPSA) is 104 Å². The first-order chi connectivity index (χ1) is 16.5. The van der Waals surface area contributed by atoms with E-state index >= 15 is 0 Å². The molecule has 6 rings (SSSR count). The molecule has 34 heavy (non-hydrogen) atoms. The summed E-state index contributed by atoms with van der Waals surface area (Å²) in [7, 11) is 0. The molecule has 0 bridgehead atoms. The summed E-state index contributed by atoms with van der Waals surface area (Å²) >= 11 is 0. The van der Waals surface area contributed by atoms with Crippen molar-refractivity contribution >= 4 is 22.5 Å². The van der Waals surface area contributed by atoms with Crippen molar-refractivity contribution in [3.8, 4) is 17.1 Å². The van der Waals surface area contributed by atoms with Crippen molar-refractivity contribution in [2.24, 2.45) is 0 Å². The number of phenolic OH excluding ortho intramolecular Hbond substituents is 1. The van der Waals surface area contributed by atoms with Crippen LogP contribution in [0.15, 0.2) is 42.9 Å². The van der Waals surface area contributed by atoms with E-state index in [2.05, 4.69) is 34.2 Å². The Morgan fingerprint density at radius 2 is 2.09 bits per heavy atom. The predicted molar refractivity (Wildman–Crippen MR) is 127 cm³/mol. The summed E-state index contributed by atoms with van der Waals surface area (Å²) < 4.78 is 15.6. The fourth-order valence-corrected chi connectivity index (χ4v) is 4.82. The van der Waals surface area contributed by atoms with Crippen LogP contribution in [0.1, 0.15) is 43.0 Å². The molecule has 1 aliphatic carbocycles. The lowest BCUT2D eigenvalue weighted by Crippen LogP contribution is -2.29. The number of anilines is 1. The maximum absolute atomic E-state index is 13.9. The van der Waals surface area contributed by atoms with Gasteiger partial charge in [0.2, 0.25) is 5.95 Å². The van der Waals surface area contributed by atoms with Crippen molar-refractivity contribution in [3.05, 3.63) is 65.5 Å². The zero-order chi connectivity index (χ0) is 23.4. The Labute approximate surface area is 194 Å². The summed E-state index contributed by atoms with van der Waals surface area (Å²) in [4.78, 5) is 16.8. The van der Waals surface area contributed by atoms with Crippen LogP contribution in [0.4, 0.5) is 10.3 Å². The summed E-state index contributed by atoms with van der Waals surface area (Å²) in [6.07, 6.45) is 7.01. The molecule has 3 N–H and O–H groups in total. The molecule has 0 saturated heterocycles. The van der Waals surface area contributed by atoms with Crippen LogP contribution in [0.3, 0.4) is 0 Å². The number of hydrogen-bond donors (Lipinski definition) is 3. The van der Waals surface area contributed by atoms with Crippen molar-refractivity contribution in [2.45, 2.75) is 45.1 Å². The summed E-state index contributed by atoms with van der Waals surface area (Å²) in [6, 6.07) is 7.02. The maximum Gasteiger partial charge on any atom is 0.228 e. The van der Waals surface area contributed by atoms with Gasteiger partial charge in [-0.2, -0.15) is 14.6 Å². The minimum absolute atomic E-state index is 0.0781. The quantitative estimate of drug-likeness (QED) is 0.364. The van der Waals surface area contributed by atoms with Crippen molar-refractivity contribution < 1.29 is 9.50 Å². The van der Waals surface area contributed by atoms with Crippen LogP contribution in [-0.2, 0) is 12.8 Å². The molecule has 172 valence electrons. The van der Waals surface area contributed by atoms with Gasteiger partial charge in [-0.05, 0) is 48.9 Å². The standard InChI is InChI=1S/C25H24FN7O/c1-13(2)18-12-28-33-24(18)31-23(14-8-15(26)11-27-10-14)32-25(33)29-16-6-7-19-17(9-16)22-20(30-19)4-3-5-21(22)34/h3-5,8,10-13,16,30,34H,6-7,9H2,1-2H3,(H,29,31,32)/t16-/m1/s1. The number of H-pyrrole nitrogens is 1. The normalized spacial score (nSPS) is 15.8. The highest BCUT2D eigenvalue weighted by Gasteiger charge is 2.26. The average Bonchev–Trinajstić information content (AvgIpc) is 3.41. The third-order valence-electron chi connectivity index (χ3n) is 6.50. The second-order valence-corrected chi connectivity index (χ2v) is 9.12. The lowest BCUT2D eigenvalue weighted by molar-refractivity contribution is 0.481. The molecule has 0 spiro atoms. The molecule has 0 fully saturated rings. The summed E-state index contributed by atoms with van der Waals surface area (Å²) in [6.45, 7) is 4.17. The predicted octanol–water partition coefficient (Wildman–Crippen LogP) is 4.61. The first kappa shape index (κ1) is 20.6. The van der Waals surface area contributed by atoms with Gasteiger partial charge in [0.1, 0.15) is 11.6 Å². The Hall–Kier alpha value is -4.01. The van der Waals surface area contributed by atoms with E-state index in [1.54, 1.807) is 16.8 Å². The molecule has 1 atom stereocenters. The van der Waals surface area contributed by atoms with E-state index in [0.717, 1.165) is 53.2 Å². The van der Waals surface area contributed by atoms with Crippen molar-refractivity contribution in [1.29, 1.82) is 0 Å². The lowest BCUT2D eigenvalue weighted by atomic mass is 9.91. The summed E-state index contributed by atoms with van der Waals surface area (Å²) in [5.41, 5.74) is 5.42. The van der Waals surface area contributed by atoms with Crippen LogP contribution in [0.5, 0.6) is 5.75 Å². The van der Waals surface area contributed by atoms with Gasteiger partial charge in [0.25, 0.3) is 0 Å². The number of hydrogen-bond acceptors (Lipinski definition) is 6. The molecule has 1 aliphatic rings. The number of aryl methyl sites for hydroxylation is 1. The van der Waals surface area contributed by atoms with E-state index in [9.17, 15) is 9.50 Å². The van der Waals surface area contributed by atoms with Gasteiger partial charge >= 0.3 is 0 Å². The van der Waals surface area contributed by atoms with Gasteiger partial charge in [0.15, 0.2) is 11.5 Å². The molecule has 8 nitrogen and oxygen atoms in total. The Morgan fingerprint density at radius 1 is 1.21 bits per heavy atom. The van der Waals surface area contributed by atoms with Gasteiger partial charge in [-0.15, -0.1) is 0 Å². The first-order valence-electron chi connectivity index (χ1n) is 11.4. The van der Waals surface area contributed by atoms with Crippen LogP contribution in [0.25, 0.3) is 27.9 Å². The van der Waals surface area contributed by atoms with E-state index < -0.39 is 5.82 Å². The van der Waals surface area contributed by atoms with Gasteiger partial charge in [0.05, 0.1) is 12.4 Å². The van der Waals surface area contributed by atoms with Crippen LogP contribution in [0, 0.1) is 5.82 Å². The number of rotatable bonds is 4. The number of phenols is 1. The molecule has 0 radical (unpaired) electrons. The van der Waals surface area contributed by atoms with Crippen molar-refractivity contribution in [1.82, 2.24) is 29.5 Å². The van der Waals surface area contributed by atoms with E-state index in [0.29, 0.717) is 23.0 Å². The fourth-order valence-electron chi connectivity index (χ4n) is 4.82. The monoisotopic (exact) mass is 457 g/mol. The Balaban J connectivity index is 1.42. The molecular weight excluding hydrogens is 433 g/mol. The Morgan fingerprint density at radius 3 is 2.91 bits per heavy atom. The smallest absolute Gasteiger partial charge is 0.228 e. The van der Waals surface area contributed by atoms with Gasteiger partial charge in [-0.1, -0.05) is 19.9 Å². The summed E-state index contributed by atoms with van der Waals surface area (Å²) in [5.74, 6) is 1.01. The van der Waals surface area contributed by atoms with E-state index in [-0.39, 0.29) is 17.7 Å². The first-order valence-corrected chi connectivity index (χ1v) is 11.4. The molecule has 9 heteroatoms. The lowest BCUT2D eigenvalue weighted by Gasteiger charge is -2.24. The average molecular weight is 458 g/mol. The summed E-state index contributed by atoms with van der Waals surface area (Å²) in [5, 5.41) is 19.4. The molecule has 0 aliphatic heterocycles. The molecule has 0 amide bonds. The third-order valence-corrected chi connectivity index (χ3v) is 6.50. The van der Waals surface area contributed by atoms with Gasteiger partial charge in [-0.25, -0.2) is 9.37 Å². The number of nitrogens with zero attached hydrogens (tertiary/aromatic N) is 5. The molecule has 0 unspecified atom stereocenters. The zero-order valence-corrected chi connectivity index (χ0v) is 18.9. The third kappa shape index (κ3) is 3.35. The highest BCUT2D eigenvalue weighted by Crippen LogP contribution is 2.35. The van der Waals surface area contributed by atoms with Gasteiger partial charge in [0, 0.05) is 40.0 Å². The highest BCUT2D eigenvalue weighted by atomic mass is 19.1. The van der Waals surface area contributed by atoms with E-state index in [4.69, 9.17) is 9.97 Å². The zero-order valence-electron chi connectivity index (χ0n) is 18.9. The molecule has 4 heterocycles. The SMILES string of the molecule is CC(C)c1cnn2c(N[C@@H]3CCc4[nH]c5cccc(O)c5c4C3)nc(-c3cncc(F)c3)nc12. The number of aromatic nitrogens is 6. The van der Waals surface area contributed by atoms with Gasteiger partial charge < -0.3 is 15.4 Å². The van der Waals surface area contributed by atoms with Crippen molar-refractivity contribution in [2.75, 3.05) is 5.32 Å². The maximum atomic E-state index is 13.9. The van der Waals surface area contributed by atoms with E-state index in [1.165, 1.54) is 6.07 Å². The number of fused-ring (bicyclic) bond motifs is 4. The number of nitrogens with one attached hydrogen (secondary N) is 2. The number of aromatic hydroxyl groups is 1. The Kier molecular flexibility index (Phi) is 4.72. The number of halogens is 1. The molecule has 1 aromatic carbocycles. The minimum atomic E-state index is -0.438. The largest absolute Gasteiger partial charge is 0.507 e. The van der Waals surface area contributed by atoms with Crippen LogP contribution in [0.2, 0.25) is 0 Å².